The van der Waals surface area contributed by atoms with E-state index in [-0.39, 0.29) is 18.0 Å². The molecule has 0 bridgehead atoms. The molecule has 0 aliphatic heterocycles. The van der Waals surface area contributed by atoms with Crippen LogP contribution in [0.25, 0.3) is 10.9 Å². The van der Waals surface area contributed by atoms with E-state index in [1.54, 1.807) is 60.8 Å². The third kappa shape index (κ3) is 6.89. The summed E-state index contributed by atoms with van der Waals surface area (Å²) in [5, 5.41) is 0.785. The Morgan fingerprint density at radius 1 is 0.872 bits per heavy atom. The van der Waals surface area contributed by atoms with Gasteiger partial charge in [0, 0.05) is 57.1 Å². The van der Waals surface area contributed by atoms with Gasteiger partial charge in [0.1, 0.15) is 0 Å². The van der Waals surface area contributed by atoms with E-state index in [9.17, 15) is 21.2 Å². The van der Waals surface area contributed by atoms with Gasteiger partial charge >= 0.3 is 0 Å². The first-order valence-electron chi connectivity index (χ1n) is 12.5. The van der Waals surface area contributed by atoms with E-state index in [1.807, 2.05) is 17.0 Å². The van der Waals surface area contributed by atoms with Crippen molar-refractivity contribution in [2.24, 2.45) is 0 Å². The van der Waals surface area contributed by atoms with Crippen molar-refractivity contribution >= 4 is 31.1 Å². The molecule has 2 heterocycles. The maximum Gasteiger partial charge on any atom is 0.278 e. The molecular weight excluding hydrogens is 541 g/mol. The van der Waals surface area contributed by atoms with Gasteiger partial charge in [0.25, 0.3) is 20.2 Å². The van der Waals surface area contributed by atoms with E-state index in [0.29, 0.717) is 37.0 Å². The Balaban J connectivity index is 1.59. The molecule has 2 aromatic carbocycles. The topological polar surface area (TPSA) is 105 Å². The van der Waals surface area contributed by atoms with Crippen molar-refractivity contribution in [3.05, 3.63) is 96.2 Å². The Labute approximate surface area is 229 Å². The Bertz CT molecular complexity index is 1620. The molecule has 0 aliphatic carbocycles. The number of halogens is 1. The number of hydrogen-bond acceptors (Lipinski definition) is 6. The van der Waals surface area contributed by atoms with E-state index in [0.717, 1.165) is 15.3 Å². The molecule has 0 atom stereocenters. The molecule has 0 aliphatic rings. The van der Waals surface area contributed by atoms with Crippen LogP contribution in [-0.2, 0) is 33.3 Å². The number of fused-ring (bicyclic) bond motifs is 1. The zero-order valence-electron chi connectivity index (χ0n) is 21.9. The van der Waals surface area contributed by atoms with E-state index in [2.05, 4.69) is 9.71 Å². The molecule has 9 nitrogen and oxygen atoms in total. The average molecular weight is 574 g/mol. The van der Waals surface area contributed by atoms with Crippen molar-refractivity contribution in [1.29, 1.82) is 0 Å². The monoisotopic (exact) mass is 573 g/mol. The second-order valence-corrected chi connectivity index (χ2v) is 13.1. The summed E-state index contributed by atoms with van der Waals surface area (Å²) < 4.78 is 70.3. The highest BCUT2D eigenvalue weighted by atomic mass is 32.2. The minimum Gasteiger partial charge on any atom is -0.295 e. The first kappa shape index (κ1) is 28.8. The predicted octanol–water partition coefficient (Wildman–Crippen LogP) is 3.59. The van der Waals surface area contributed by atoms with Crippen molar-refractivity contribution in [3.63, 3.8) is 0 Å². The number of pyridine rings is 1. The Morgan fingerprint density at radius 2 is 1.56 bits per heavy atom. The summed E-state index contributed by atoms with van der Waals surface area (Å²) in [4.78, 5) is 5.96. The van der Waals surface area contributed by atoms with Crippen molar-refractivity contribution in [3.8, 4) is 0 Å². The highest BCUT2D eigenvalue weighted by molar-refractivity contribution is 7.90. The smallest absolute Gasteiger partial charge is 0.278 e. The standard InChI is InChI=1S/C27H32FN5O4S2/c1-31(2)39(36,37)30-17-8-9-18-32(19-22-11-10-16-29-27(22)28)20-23-21-33(26-15-7-6-14-25(23)26)38(34,35)24-12-4-3-5-13-24/h3-7,10-16,21,30H,8-9,17-20H2,1-2H3. The van der Waals surface area contributed by atoms with Gasteiger partial charge in [-0.3, -0.25) is 4.90 Å². The zero-order valence-corrected chi connectivity index (χ0v) is 23.5. The first-order chi connectivity index (χ1) is 18.6. The molecule has 2 aromatic heterocycles. The van der Waals surface area contributed by atoms with Gasteiger partial charge in [0.15, 0.2) is 0 Å². The number of rotatable bonds is 13. The third-order valence-electron chi connectivity index (χ3n) is 6.35. The van der Waals surface area contributed by atoms with Crippen LogP contribution in [0.3, 0.4) is 0 Å². The maximum atomic E-state index is 14.4. The van der Waals surface area contributed by atoms with Crippen molar-refractivity contribution < 1.29 is 21.2 Å². The average Bonchev–Trinajstić information content (AvgIpc) is 3.29. The van der Waals surface area contributed by atoms with E-state index in [1.165, 1.54) is 24.3 Å². The molecule has 12 heteroatoms. The van der Waals surface area contributed by atoms with Gasteiger partial charge in [-0.2, -0.15) is 17.1 Å². The zero-order chi connectivity index (χ0) is 28.0. The van der Waals surface area contributed by atoms with Crippen molar-refractivity contribution in [1.82, 2.24) is 22.9 Å². The van der Waals surface area contributed by atoms with Crippen LogP contribution in [0.15, 0.2) is 84.0 Å². The van der Waals surface area contributed by atoms with Crippen LogP contribution in [0.4, 0.5) is 4.39 Å². The molecule has 0 radical (unpaired) electrons. The summed E-state index contributed by atoms with van der Waals surface area (Å²) in [5.41, 5.74) is 1.76. The maximum absolute atomic E-state index is 14.4. The SMILES string of the molecule is CN(C)S(=O)(=O)NCCCCN(Cc1cccnc1F)Cc1cn(S(=O)(=O)c2ccccc2)c2ccccc12. The molecule has 0 saturated carbocycles. The lowest BCUT2D eigenvalue weighted by atomic mass is 10.1. The number of unbranched alkanes of at least 4 members (excludes halogenated alkanes) is 1. The molecule has 4 rings (SSSR count). The minimum absolute atomic E-state index is 0.187. The Kier molecular flexibility index (Phi) is 9.13. The summed E-state index contributed by atoms with van der Waals surface area (Å²) in [6, 6.07) is 18.9. The number of benzene rings is 2. The van der Waals surface area contributed by atoms with Crippen LogP contribution in [-0.4, -0.2) is 62.2 Å². The molecule has 0 unspecified atom stereocenters. The number of para-hydroxylation sites is 1. The summed E-state index contributed by atoms with van der Waals surface area (Å²) in [6.45, 7) is 1.41. The second kappa shape index (κ2) is 12.3. The molecule has 39 heavy (non-hydrogen) atoms. The lowest BCUT2D eigenvalue weighted by molar-refractivity contribution is 0.248. The van der Waals surface area contributed by atoms with Gasteiger partial charge in [-0.05, 0) is 49.2 Å². The highest BCUT2D eigenvalue weighted by Crippen LogP contribution is 2.27. The summed E-state index contributed by atoms with van der Waals surface area (Å²) in [5.74, 6) is -0.560. The first-order valence-corrected chi connectivity index (χ1v) is 15.4. The van der Waals surface area contributed by atoms with Gasteiger partial charge < -0.3 is 0 Å². The van der Waals surface area contributed by atoms with Crippen LogP contribution in [0.1, 0.15) is 24.0 Å². The van der Waals surface area contributed by atoms with Crippen LogP contribution in [0, 0.1) is 5.95 Å². The van der Waals surface area contributed by atoms with Gasteiger partial charge in [-0.25, -0.2) is 22.1 Å². The van der Waals surface area contributed by atoms with E-state index >= 15 is 0 Å². The summed E-state index contributed by atoms with van der Waals surface area (Å²) in [6.07, 6.45) is 4.23. The molecule has 0 amide bonds. The largest absolute Gasteiger partial charge is 0.295 e. The quantitative estimate of drug-likeness (QED) is 0.194. The van der Waals surface area contributed by atoms with Gasteiger partial charge in [0.05, 0.1) is 10.4 Å². The molecule has 208 valence electrons. The van der Waals surface area contributed by atoms with Crippen molar-refractivity contribution in [2.75, 3.05) is 27.2 Å². The van der Waals surface area contributed by atoms with Crippen LogP contribution in [0.2, 0.25) is 0 Å². The fraction of sp³-hybridized carbons (Fsp3) is 0.296. The summed E-state index contributed by atoms with van der Waals surface area (Å²) in [7, 11) is -4.42. The van der Waals surface area contributed by atoms with E-state index in [4.69, 9.17) is 0 Å². The number of nitrogens with zero attached hydrogens (tertiary/aromatic N) is 4. The predicted molar refractivity (Wildman–Crippen MR) is 149 cm³/mol. The molecule has 0 spiro atoms. The van der Waals surface area contributed by atoms with Crippen molar-refractivity contribution in [2.45, 2.75) is 30.8 Å². The normalized spacial score (nSPS) is 12.5. The van der Waals surface area contributed by atoms with E-state index < -0.39 is 26.2 Å². The molecular formula is C27H32FN5O4S2. The van der Waals surface area contributed by atoms with Gasteiger partial charge in [-0.15, -0.1) is 0 Å². The van der Waals surface area contributed by atoms with Crippen LogP contribution >= 0.6 is 0 Å². The van der Waals surface area contributed by atoms with Gasteiger partial charge in [0.2, 0.25) is 5.95 Å². The molecule has 0 fully saturated rings. The summed E-state index contributed by atoms with van der Waals surface area (Å²) >= 11 is 0. The fourth-order valence-electron chi connectivity index (χ4n) is 4.27. The molecule has 4 aromatic rings. The molecule has 0 saturated heterocycles. The molecule has 1 N–H and O–H groups in total. The number of nitrogens with one attached hydrogen (secondary N) is 1. The fourth-order valence-corrected chi connectivity index (χ4v) is 6.35. The lowest BCUT2D eigenvalue weighted by Crippen LogP contribution is -2.36. The lowest BCUT2D eigenvalue weighted by Gasteiger charge is -2.22. The Morgan fingerprint density at radius 3 is 2.28 bits per heavy atom. The number of hydrogen-bond donors (Lipinski definition) is 1. The Hall–Kier alpha value is -3.16. The van der Waals surface area contributed by atoms with Crippen LogP contribution < -0.4 is 4.72 Å². The minimum atomic E-state index is -3.83. The number of aromatic nitrogens is 2. The van der Waals surface area contributed by atoms with Gasteiger partial charge in [-0.1, -0.05) is 42.5 Å². The highest BCUT2D eigenvalue weighted by Gasteiger charge is 2.22. The second-order valence-electron chi connectivity index (χ2n) is 9.34. The third-order valence-corrected chi connectivity index (χ3v) is 9.57. The van der Waals surface area contributed by atoms with Crippen LogP contribution in [0.5, 0.6) is 0 Å².